The van der Waals surface area contributed by atoms with Crippen molar-refractivity contribution in [2.45, 2.75) is 33.1 Å². The van der Waals surface area contributed by atoms with Gasteiger partial charge in [0.1, 0.15) is 0 Å². The van der Waals surface area contributed by atoms with Crippen LogP contribution in [0.5, 0.6) is 0 Å². The van der Waals surface area contributed by atoms with Gasteiger partial charge in [-0.2, -0.15) is 0 Å². The molecule has 0 saturated carbocycles. The van der Waals surface area contributed by atoms with E-state index >= 15 is 0 Å². The largest absolute Gasteiger partial charge is 0.0764 e. The van der Waals surface area contributed by atoms with E-state index in [1.165, 1.54) is 45.2 Å². The van der Waals surface area contributed by atoms with Crippen molar-refractivity contribution in [2.75, 3.05) is 0 Å². The Morgan fingerprint density at radius 3 is 2.26 bits per heavy atom. The van der Waals surface area contributed by atoms with Crippen LogP contribution < -0.4 is 10.4 Å². The standard InChI is InChI=1S/C12H14.C11H10/c1-2-10-7-8-11-5-3-4-6-12(11)9-10;1-9-6-7-10-4-2-3-5-11(10)8-9/h5-9H,2-4H2,1H3;2-8H,1H3. The zero-order valence-corrected chi connectivity index (χ0v) is 14.0. The zero-order chi connectivity index (χ0) is 16.1. The molecule has 0 N–H and O–H groups in total. The number of aryl methyl sites for hydroxylation is 2. The molecule has 0 saturated heterocycles. The summed E-state index contributed by atoms with van der Waals surface area (Å²) in [6, 6.07) is 21.7. The first-order valence-electron chi connectivity index (χ1n) is 8.51. The zero-order valence-electron chi connectivity index (χ0n) is 14.0. The van der Waals surface area contributed by atoms with Gasteiger partial charge < -0.3 is 0 Å². The summed E-state index contributed by atoms with van der Waals surface area (Å²) in [5, 5.41) is 5.49. The summed E-state index contributed by atoms with van der Waals surface area (Å²) in [6.45, 7) is 4.32. The van der Waals surface area contributed by atoms with E-state index in [0.29, 0.717) is 0 Å². The van der Waals surface area contributed by atoms with Crippen LogP contribution in [0.4, 0.5) is 0 Å². The van der Waals surface area contributed by atoms with E-state index < -0.39 is 0 Å². The Hall–Kier alpha value is -2.34. The lowest BCUT2D eigenvalue weighted by molar-refractivity contribution is 1.09. The molecule has 0 atom stereocenters. The lowest BCUT2D eigenvalue weighted by Gasteiger charge is -2.01. The molecule has 0 amide bonds. The van der Waals surface area contributed by atoms with Crippen LogP contribution in [0.15, 0.2) is 60.7 Å². The van der Waals surface area contributed by atoms with Crippen molar-refractivity contribution >= 4 is 22.9 Å². The predicted octanol–water partition coefficient (Wildman–Crippen LogP) is 4.75. The highest BCUT2D eigenvalue weighted by Gasteiger charge is 1.94. The average molecular weight is 300 g/mol. The molecule has 23 heavy (non-hydrogen) atoms. The summed E-state index contributed by atoms with van der Waals surface area (Å²) in [5.74, 6) is 0. The van der Waals surface area contributed by atoms with Crippen molar-refractivity contribution in [2.24, 2.45) is 0 Å². The van der Waals surface area contributed by atoms with E-state index in [4.69, 9.17) is 0 Å². The minimum Gasteiger partial charge on any atom is -0.0764 e. The van der Waals surface area contributed by atoms with Gasteiger partial charge in [-0.05, 0) is 53.0 Å². The highest BCUT2D eigenvalue weighted by atomic mass is 14.0. The van der Waals surface area contributed by atoms with Gasteiger partial charge in [-0.15, -0.1) is 0 Å². The third-order valence-electron chi connectivity index (χ3n) is 4.36. The molecule has 3 aromatic carbocycles. The molecule has 0 aliphatic heterocycles. The van der Waals surface area contributed by atoms with Crippen molar-refractivity contribution in [1.82, 2.24) is 0 Å². The number of fused-ring (bicyclic) bond motifs is 2. The Balaban J connectivity index is 0.000000136. The van der Waals surface area contributed by atoms with Crippen LogP contribution >= 0.6 is 0 Å². The molecule has 0 heterocycles. The molecule has 116 valence electrons. The number of rotatable bonds is 1. The third kappa shape index (κ3) is 3.90. The van der Waals surface area contributed by atoms with Crippen LogP contribution in [0.3, 0.4) is 0 Å². The second-order valence-corrected chi connectivity index (χ2v) is 6.15. The fraction of sp³-hybridized carbons (Fsp3) is 0.217. The van der Waals surface area contributed by atoms with E-state index in [2.05, 4.69) is 86.7 Å². The number of hydrogen-bond acceptors (Lipinski definition) is 0. The average Bonchev–Trinajstić information content (AvgIpc) is 2.61. The van der Waals surface area contributed by atoms with Gasteiger partial charge in [0.15, 0.2) is 0 Å². The first kappa shape index (κ1) is 15.6. The topological polar surface area (TPSA) is 0 Å². The van der Waals surface area contributed by atoms with Crippen LogP contribution in [-0.2, 0) is 6.42 Å². The van der Waals surface area contributed by atoms with Crippen LogP contribution in [-0.4, -0.2) is 0 Å². The molecule has 0 heteroatoms. The summed E-state index contributed by atoms with van der Waals surface area (Å²) in [7, 11) is 0. The fourth-order valence-electron chi connectivity index (χ4n) is 2.99. The molecular weight excluding hydrogens is 276 g/mol. The van der Waals surface area contributed by atoms with Crippen molar-refractivity contribution in [1.29, 1.82) is 0 Å². The van der Waals surface area contributed by atoms with Gasteiger partial charge in [0.25, 0.3) is 0 Å². The van der Waals surface area contributed by atoms with Gasteiger partial charge in [-0.1, -0.05) is 85.3 Å². The Morgan fingerprint density at radius 1 is 0.739 bits per heavy atom. The Labute approximate surface area is 138 Å². The highest BCUT2D eigenvalue weighted by molar-refractivity contribution is 5.82. The second kappa shape index (κ2) is 7.28. The summed E-state index contributed by atoms with van der Waals surface area (Å²) >= 11 is 0. The summed E-state index contributed by atoms with van der Waals surface area (Å²) in [5.41, 5.74) is 2.77. The van der Waals surface area contributed by atoms with E-state index in [0.717, 1.165) is 6.42 Å². The maximum absolute atomic E-state index is 2.34. The number of hydrogen-bond donors (Lipinski definition) is 0. The quantitative estimate of drug-likeness (QED) is 0.608. The lowest BCUT2D eigenvalue weighted by Crippen LogP contribution is -2.26. The van der Waals surface area contributed by atoms with Crippen molar-refractivity contribution in [3.05, 3.63) is 82.2 Å². The van der Waals surface area contributed by atoms with E-state index in [1.54, 1.807) is 0 Å². The van der Waals surface area contributed by atoms with Crippen molar-refractivity contribution in [3.63, 3.8) is 0 Å². The second-order valence-electron chi connectivity index (χ2n) is 6.15. The SMILES string of the molecule is CCc1ccc2c(c1)=CCCC=2.Cc1ccc2ccccc2c1. The maximum atomic E-state index is 2.34. The molecular formula is C23H24. The molecule has 0 bridgehead atoms. The van der Waals surface area contributed by atoms with Gasteiger partial charge in [0.05, 0.1) is 0 Å². The normalized spacial score (nSPS) is 12.4. The lowest BCUT2D eigenvalue weighted by atomic mass is 10.0. The van der Waals surface area contributed by atoms with Crippen LogP contribution in [0, 0.1) is 6.92 Å². The van der Waals surface area contributed by atoms with Gasteiger partial charge in [-0.3, -0.25) is 0 Å². The van der Waals surface area contributed by atoms with Crippen LogP contribution in [0.2, 0.25) is 0 Å². The van der Waals surface area contributed by atoms with Gasteiger partial charge >= 0.3 is 0 Å². The summed E-state index contributed by atoms with van der Waals surface area (Å²) in [6.07, 6.45) is 8.23. The molecule has 0 unspecified atom stereocenters. The first-order chi connectivity index (χ1) is 11.3. The molecule has 0 nitrogen and oxygen atoms in total. The molecule has 0 fully saturated rings. The number of benzene rings is 3. The van der Waals surface area contributed by atoms with Gasteiger partial charge in [0.2, 0.25) is 0 Å². The third-order valence-corrected chi connectivity index (χ3v) is 4.36. The molecule has 0 radical (unpaired) electrons. The molecule has 3 aromatic rings. The Kier molecular flexibility index (Phi) is 4.92. The van der Waals surface area contributed by atoms with E-state index in [9.17, 15) is 0 Å². The highest BCUT2D eigenvalue weighted by Crippen LogP contribution is 2.14. The van der Waals surface area contributed by atoms with Gasteiger partial charge in [-0.25, -0.2) is 0 Å². The van der Waals surface area contributed by atoms with E-state index in [-0.39, 0.29) is 0 Å². The Morgan fingerprint density at radius 2 is 1.48 bits per heavy atom. The summed E-state index contributed by atoms with van der Waals surface area (Å²) < 4.78 is 0. The maximum Gasteiger partial charge on any atom is -0.0181 e. The van der Waals surface area contributed by atoms with Crippen molar-refractivity contribution in [3.8, 4) is 0 Å². The first-order valence-corrected chi connectivity index (χ1v) is 8.51. The van der Waals surface area contributed by atoms with E-state index in [1.807, 2.05) is 0 Å². The smallest absolute Gasteiger partial charge is 0.0181 e. The van der Waals surface area contributed by atoms with Gasteiger partial charge in [0, 0.05) is 0 Å². The molecule has 1 aliphatic rings. The Bertz CT molecular complexity index is 916. The molecule has 0 spiro atoms. The molecule has 0 aromatic heterocycles. The molecule has 4 rings (SSSR count). The minimum atomic E-state index is 1.14. The van der Waals surface area contributed by atoms with Crippen LogP contribution in [0.25, 0.3) is 22.9 Å². The monoisotopic (exact) mass is 300 g/mol. The summed E-state index contributed by atoms with van der Waals surface area (Å²) in [4.78, 5) is 0. The molecule has 1 aliphatic carbocycles. The predicted molar refractivity (Wildman–Crippen MR) is 102 cm³/mol. The van der Waals surface area contributed by atoms with Crippen molar-refractivity contribution < 1.29 is 0 Å². The minimum absolute atomic E-state index is 1.14. The fourth-order valence-corrected chi connectivity index (χ4v) is 2.99. The van der Waals surface area contributed by atoms with Crippen LogP contribution in [0.1, 0.15) is 30.9 Å².